The van der Waals surface area contributed by atoms with E-state index >= 15 is 0 Å². The summed E-state index contributed by atoms with van der Waals surface area (Å²) in [5.74, 6) is 0.811. The third-order valence-electron chi connectivity index (χ3n) is 1.99. The van der Waals surface area contributed by atoms with Crippen LogP contribution < -0.4 is 11.5 Å². The zero-order valence-electron chi connectivity index (χ0n) is 7.83. The number of rotatable bonds is 2. The summed E-state index contributed by atoms with van der Waals surface area (Å²) in [5.41, 5.74) is 11.7. The number of hydrogen-bond acceptors (Lipinski definition) is 7. The molecule has 1 unspecified atom stereocenters. The van der Waals surface area contributed by atoms with Crippen molar-refractivity contribution >= 4 is 12.6 Å². The van der Waals surface area contributed by atoms with Gasteiger partial charge < -0.3 is 5.73 Å². The highest BCUT2D eigenvalue weighted by atomic mass is 32.1. The van der Waals surface area contributed by atoms with E-state index in [2.05, 4.69) is 32.8 Å². The highest BCUT2D eigenvalue weighted by Crippen LogP contribution is 2.26. The summed E-state index contributed by atoms with van der Waals surface area (Å²) >= 11 is 4.12. The summed E-state index contributed by atoms with van der Waals surface area (Å²) in [5, 5.41) is 7.54. The molecule has 2 rings (SSSR count). The fraction of sp³-hybridized carbons (Fsp3) is 0.250. The van der Waals surface area contributed by atoms with E-state index in [4.69, 9.17) is 11.5 Å². The van der Waals surface area contributed by atoms with E-state index < -0.39 is 5.66 Å². The van der Waals surface area contributed by atoms with Gasteiger partial charge in [0.25, 0.3) is 0 Å². The molecule has 78 valence electrons. The molecule has 7 heteroatoms. The molecule has 1 atom stereocenters. The van der Waals surface area contributed by atoms with Crippen molar-refractivity contribution in [3.63, 3.8) is 0 Å². The number of hydrogen-bond donors (Lipinski definition) is 3. The Kier molecular flexibility index (Phi) is 2.41. The minimum absolute atomic E-state index is 0.295. The van der Waals surface area contributed by atoms with Crippen molar-refractivity contribution in [1.29, 1.82) is 0 Å². The monoisotopic (exact) mass is 222 g/mol. The van der Waals surface area contributed by atoms with Crippen LogP contribution in [0.5, 0.6) is 0 Å². The smallest absolute Gasteiger partial charge is 0.194 e. The van der Waals surface area contributed by atoms with Gasteiger partial charge in [-0.2, -0.15) is 17.7 Å². The van der Waals surface area contributed by atoms with Crippen molar-refractivity contribution in [3.8, 4) is 0 Å². The Morgan fingerprint density at radius 2 is 2.20 bits per heavy atom. The van der Waals surface area contributed by atoms with Gasteiger partial charge in [0, 0.05) is 11.8 Å². The number of thiol groups is 1. The SMILES string of the molecule is NC1=CC(N)(c2cc(CS)ncn2)N=N1. The van der Waals surface area contributed by atoms with Crippen LogP contribution in [0.3, 0.4) is 0 Å². The summed E-state index contributed by atoms with van der Waals surface area (Å²) < 4.78 is 0. The third-order valence-corrected chi connectivity index (χ3v) is 2.32. The molecule has 0 spiro atoms. The fourth-order valence-corrected chi connectivity index (χ4v) is 1.42. The molecular weight excluding hydrogens is 212 g/mol. The molecule has 1 aromatic rings. The van der Waals surface area contributed by atoms with Gasteiger partial charge in [0.15, 0.2) is 5.66 Å². The van der Waals surface area contributed by atoms with Crippen LogP contribution >= 0.6 is 12.6 Å². The Bertz CT molecular complexity index is 443. The second kappa shape index (κ2) is 3.59. The zero-order chi connectivity index (χ0) is 10.9. The molecule has 6 nitrogen and oxygen atoms in total. The summed E-state index contributed by atoms with van der Waals surface area (Å²) in [4.78, 5) is 8.06. The molecule has 1 aromatic heterocycles. The molecule has 0 fully saturated rings. The van der Waals surface area contributed by atoms with Crippen LogP contribution in [0.25, 0.3) is 0 Å². The van der Waals surface area contributed by atoms with E-state index in [0.717, 1.165) is 5.69 Å². The summed E-state index contributed by atoms with van der Waals surface area (Å²) in [7, 11) is 0. The molecule has 0 amide bonds. The quantitative estimate of drug-likeness (QED) is 0.625. The van der Waals surface area contributed by atoms with Gasteiger partial charge in [-0.3, -0.25) is 5.73 Å². The van der Waals surface area contributed by atoms with Crippen LogP contribution in [0.1, 0.15) is 11.4 Å². The van der Waals surface area contributed by atoms with Crippen LogP contribution in [-0.4, -0.2) is 9.97 Å². The topological polar surface area (TPSA) is 103 Å². The van der Waals surface area contributed by atoms with Crippen molar-refractivity contribution < 1.29 is 0 Å². The van der Waals surface area contributed by atoms with Crippen molar-refractivity contribution in [1.82, 2.24) is 9.97 Å². The van der Waals surface area contributed by atoms with Crippen molar-refractivity contribution in [2.24, 2.45) is 21.7 Å². The van der Waals surface area contributed by atoms with Gasteiger partial charge in [-0.05, 0) is 6.07 Å². The average molecular weight is 222 g/mol. The molecular formula is C8H10N6S. The molecule has 0 aliphatic carbocycles. The van der Waals surface area contributed by atoms with E-state index in [-0.39, 0.29) is 0 Å². The molecule has 4 N–H and O–H groups in total. The maximum absolute atomic E-state index is 5.96. The lowest BCUT2D eigenvalue weighted by Crippen LogP contribution is -2.32. The third kappa shape index (κ3) is 1.83. The van der Waals surface area contributed by atoms with E-state index in [9.17, 15) is 0 Å². The zero-order valence-corrected chi connectivity index (χ0v) is 8.72. The van der Waals surface area contributed by atoms with E-state index in [1.54, 1.807) is 12.1 Å². The molecule has 2 heterocycles. The van der Waals surface area contributed by atoms with E-state index in [1.165, 1.54) is 6.33 Å². The Morgan fingerprint density at radius 3 is 2.80 bits per heavy atom. The predicted molar refractivity (Wildman–Crippen MR) is 57.7 cm³/mol. The average Bonchev–Trinajstić information content (AvgIpc) is 2.60. The minimum Gasteiger partial charge on any atom is -0.382 e. The number of aromatic nitrogens is 2. The van der Waals surface area contributed by atoms with Gasteiger partial charge in [-0.25, -0.2) is 9.97 Å². The minimum atomic E-state index is -1.06. The van der Waals surface area contributed by atoms with Crippen LogP contribution in [0, 0.1) is 0 Å². The summed E-state index contributed by atoms with van der Waals surface area (Å²) in [6.07, 6.45) is 2.98. The highest BCUT2D eigenvalue weighted by Gasteiger charge is 2.30. The first kappa shape index (κ1) is 10.1. The first-order chi connectivity index (χ1) is 7.14. The Balaban J connectivity index is 2.42. The van der Waals surface area contributed by atoms with Crippen molar-refractivity contribution in [3.05, 3.63) is 35.7 Å². The van der Waals surface area contributed by atoms with Crippen molar-refractivity contribution in [2.45, 2.75) is 11.4 Å². The molecule has 0 saturated heterocycles. The normalized spacial score (nSPS) is 24.3. The van der Waals surface area contributed by atoms with Crippen LogP contribution in [0.15, 0.2) is 34.5 Å². The second-order valence-electron chi connectivity index (χ2n) is 3.15. The molecule has 1 aliphatic rings. The maximum atomic E-state index is 5.96. The fourth-order valence-electron chi connectivity index (χ4n) is 1.25. The molecule has 0 aromatic carbocycles. The van der Waals surface area contributed by atoms with Gasteiger partial charge in [0.2, 0.25) is 0 Å². The largest absolute Gasteiger partial charge is 0.382 e. The first-order valence-corrected chi connectivity index (χ1v) is 4.90. The molecule has 0 saturated carbocycles. The van der Waals surface area contributed by atoms with E-state index in [0.29, 0.717) is 17.3 Å². The van der Waals surface area contributed by atoms with Gasteiger partial charge >= 0.3 is 0 Å². The van der Waals surface area contributed by atoms with Gasteiger partial charge in [-0.15, -0.1) is 5.11 Å². The van der Waals surface area contributed by atoms with Crippen molar-refractivity contribution in [2.75, 3.05) is 0 Å². The first-order valence-electron chi connectivity index (χ1n) is 4.26. The molecule has 15 heavy (non-hydrogen) atoms. The lowest BCUT2D eigenvalue weighted by molar-refractivity contribution is 0.562. The predicted octanol–water partition coefficient (Wildman–Crippen LogP) is 0.284. The van der Waals surface area contributed by atoms with Gasteiger partial charge in [0.1, 0.15) is 12.1 Å². The number of azo groups is 1. The summed E-state index contributed by atoms with van der Waals surface area (Å²) in [6, 6.07) is 1.74. The second-order valence-corrected chi connectivity index (χ2v) is 3.46. The standard InChI is InChI=1S/C8H10N6S/c9-7-2-8(10,14-13-7)6-1-5(3-15)11-4-12-6/h1-2,4,15H,3,9-10H2. The lowest BCUT2D eigenvalue weighted by atomic mass is 10.1. The number of nitrogens with zero attached hydrogens (tertiary/aromatic N) is 4. The molecule has 0 bridgehead atoms. The molecule has 1 aliphatic heterocycles. The Labute approximate surface area is 91.9 Å². The summed E-state index contributed by atoms with van der Waals surface area (Å²) in [6.45, 7) is 0. The Morgan fingerprint density at radius 1 is 1.40 bits per heavy atom. The lowest BCUT2D eigenvalue weighted by Gasteiger charge is -2.15. The van der Waals surface area contributed by atoms with Crippen LogP contribution in [0.2, 0.25) is 0 Å². The maximum Gasteiger partial charge on any atom is 0.194 e. The van der Waals surface area contributed by atoms with Gasteiger partial charge in [-0.1, -0.05) is 0 Å². The van der Waals surface area contributed by atoms with Gasteiger partial charge in [0.05, 0.1) is 11.4 Å². The van der Waals surface area contributed by atoms with Crippen LogP contribution in [0.4, 0.5) is 0 Å². The van der Waals surface area contributed by atoms with Crippen LogP contribution in [-0.2, 0) is 11.4 Å². The molecule has 0 radical (unpaired) electrons. The highest BCUT2D eigenvalue weighted by molar-refractivity contribution is 7.79. The number of nitrogens with two attached hydrogens (primary N) is 2. The van der Waals surface area contributed by atoms with E-state index in [1.807, 2.05) is 0 Å². The Hall–Kier alpha value is -1.47.